The number of amides is 2. The van der Waals surface area contributed by atoms with Crippen LogP contribution in [0.1, 0.15) is 23.3 Å². The second-order valence-electron chi connectivity index (χ2n) is 14.4. The number of anilines is 2. The van der Waals surface area contributed by atoms with Crippen LogP contribution in [0.3, 0.4) is 0 Å². The average Bonchev–Trinajstić information content (AvgIpc) is 3.20. The van der Waals surface area contributed by atoms with E-state index in [1.807, 2.05) is 43.3 Å². The van der Waals surface area contributed by atoms with Crippen molar-refractivity contribution in [3.8, 4) is 0 Å². The number of aryl methyl sites for hydroxylation is 1. The fourth-order valence-corrected chi connectivity index (χ4v) is 7.76. The summed E-state index contributed by atoms with van der Waals surface area (Å²) in [5.74, 6) is 0.411. The highest BCUT2D eigenvalue weighted by Gasteiger charge is 2.32. The Kier molecular flexibility index (Phi) is 12.1. The Morgan fingerprint density at radius 2 is 1.68 bits per heavy atom. The molecule has 3 aromatic rings. The smallest absolute Gasteiger partial charge is 0.459 e. The number of nitrogens with one attached hydrogen (secondary N) is 1. The Bertz CT molecular complexity index is 1620. The first-order valence-electron chi connectivity index (χ1n) is 16.2. The van der Waals surface area contributed by atoms with Crippen molar-refractivity contribution in [1.82, 2.24) is 4.90 Å². The normalized spacial score (nSPS) is 14.4. The van der Waals surface area contributed by atoms with Crippen molar-refractivity contribution in [2.45, 2.75) is 71.3 Å². The Morgan fingerprint density at radius 3 is 2.32 bits per heavy atom. The van der Waals surface area contributed by atoms with Gasteiger partial charge in [-0.2, -0.15) is 0 Å². The molecule has 1 N–H and O–H groups in total. The van der Waals surface area contributed by atoms with E-state index < -0.39 is 24.0 Å². The summed E-state index contributed by atoms with van der Waals surface area (Å²) in [6, 6.07) is 14.9. The maximum Gasteiger partial charge on any atom is 0.476 e. The van der Waals surface area contributed by atoms with Crippen LogP contribution in [-0.2, 0) is 34.3 Å². The minimum atomic E-state index is -3.92. The van der Waals surface area contributed by atoms with E-state index in [0.717, 1.165) is 39.9 Å². The topological polar surface area (TPSA) is 111 Å². The molecule has 2 amide bonds. The molecular formula is C34H50N3O7PSi2. The van der Waals surface area contributed by atoms with Crippen molar-refractivity contribution < 1.29 is 32.1 Å². The van der Waals surface area contributed by atoms with Gasteiger partial charge in [-0.15, -0.1) is 0 Å². The minimum Gasteiger partial charge on any atom is -0.459 e. The third-order valence-electron chi connectivity index (χ3n) is 7.93. The van der Waals surface area contributed by atoms with Crippen LogP contribution in [0.25, 0.3) is 17.0 Å². The van der Waals surface area contributed by atoms with Crippen molar-refractivity contribution in [3.63, 3.8) is 0 Å². The van der Waals surface area contributed by atoms with Crippen LogP contribution in [0.5, 0.6) is 0 Å². The summed E-state index contributed by atoms with van der Waals surface area (Å²) in [5, 5.41) is 4.35. The van der Waals surface area contributed by atoms with Gasteiger partial charge >= 0.3 is 7.82 Å². The maximum atomic E-state index is 13.7. The number of nitrogens with zero attached hydrogens (tertiary/aromatic N) is 2. The van der Waals surface area contributed by atoms with E-state index in [-0.39, 0.29) is 38.2 Å². The SMILES string of the molecule is Cc1c(CN(C)C(=O)/C=C/c2ccc3c(c2)NCCC(=O)N3COP(=O)(OCC[Si](C)(C)C)OCC[Si](C)(C)C)oc2ccccc12. The standard InChI is InChI=1S/C34H50N3O7PSi2/c1-26-28-11-9-10-12-31(28)44-32(26)24-36(2)33(38)16-14-27-13-15-30-29(23-27)35-18-17-34(39)37(30)25-43-45(40,41-19-21-46(3,4)5)42-20-22-47(6,7)8/h9-16,23,35H,17-22,24-25H2,1-8H3/b16-14+. The first-order valence-corrected chi connectivity index (χ1v) is 25.0. The second kappa shape index (κ2) is 15.5. The van der Waals surface area contributed by atoms with Gasteiger partial charge in [0.1, 0.15) is 18.1 Å². The number of likely N-dealkylation sites (N-methyl/N-ethyl adjacent to an activating group) is 1. The predicted octanol–water partition coefficient (Wildman–Crippen LogP) is 8.35. The van der Waals surface area contributed by atoms with Crippen molar-refractivity contribution in [2.24, 2.45) is 0 Å². The molecule has 0 saturated heterocycles. The van der Waals surface area contributed by atoms with E-state index in [2.05, 4.69) is 44.6 Å². The molecule has 1 aliphatic rings. The molecule has 0 atom stereocenters. The summed E-state index contributed by atoms with van der Waals surface area (Å²) in [6.45, 7) is 16.3. The van der Waals surface area contributed by atoms with Gasteiger partial charge in [0.05, 0.1) is 31.1 Å². The number of carbonyl (C=O) groups excluding carboxylic acids is 2. The number of para-hydroxylation sites is 1. The number of hydrogen-bond donors (Lipinski definition) is 1. The van der Waals surface area contributed by atoms with Crippen LogP contribution in [0.2, 0.25) is 51.4 Å². The molecule has 13 heteroatoms. The molecule has 2 heterocycles. The number of fused-ring (bicyclic) bond motifs is 2. The molecule has 0 radical (unpaired) electrons. The molecule has 0 spiro atoms. The summed E-state index contributed by atoms with van der Waals surface area (Å²) in [7, 11) is -5.07. The molecule has 0 unspecified atom stereocenters. The van der Waals surface area contributed by atoms with Crippen LogP contribution in [0.4, 0.5) is 11.4 Å². The van der Waals surface area contributed by atoms with Gasteiger partial charge < -0.3 is 14.6 Å². The molecular weight excluding hydrogens is 650 g/mol. The van der Waals surface area contributed by atoms with Crippen LogP contribution < -0.4 is 10.2 Å². The lowest BCUT2D eigenvalue weighted by molar-refractivity contribution is -0.125. The summed E-state index contributed by atoms with van der Waals surface area (Å²) in [5.41, 5.74) is 3.90. The molecule has 4 rings (SSSR count). The molecule has 0 aliphatic carbocycles. The summed E-state index contributed by atoms with van der Waals surface area (Å²) >= 11 is 0. The fraction of sp³-hybridized carbons (Fsp3) is 0.471. The third-order valence-corrected chi connectivity index (χ3v) is 12.8. The Morgan fingerprint density at radius 1 is 1.02 bits per heavy atom. The van der Waals surface area contributed by atoms with E-state index in [9.17, 15) is 14.2 Å². The zero-order chi connectivity index (χ0) is 34.4. The van der Waals surface area contributed by atoms with E-state index in [4.69, 9.17) is 18.0 Å². The van der Waals surface area contributed by atoms with Crippen LogP contribution >= 0.6 is 7.82 Å². The predicted molar refractivity (Wildman–Crippen MR) is 195 cm³/mol. The third kappa shape index (κ3) is 10.8. The molecule has 2 aromatic carbocycles. The highest BCUT2D eigenvalue weighted by molar-refractivity contribution is 7.48. The number of hydrogen-bond acceptors (Lipinski definition) is 8. The number of phosphoric ester groups is 1. The van der Waals surface area contributed by atoms with E-state index in [1.54, 1.807) is 24.1 Å². The number of carbonyl (C=O) groups is 2. The van der Waals surface area contributed by atoms with E-state index >= 15 is 0 Å². The summed E-state index contributed by atoms with van der Waals surface area (Å²) in [6.07, 6.45) is 3.49. The number of rotatable bonds is 15. The zero-order valence-corrected chi connectivity index (χ0v) is 31.9. The maximum absolute atomic E-state index is 13.7. The van der Waals surface area contributed by atoms with Gasteiger partial charge in [-0.3, -0.25) is 28.1 Å². The molecule has 1 aliphatic heterocycles. The summed E-state index contributed by atoms with van der Waals surface area (Å²) in [4.78, 5) is 29.2. The van der Waals surface area contributed by atoms with Crippen LogP contribution in [0.15, 0.2) is 53.0 Å². The quantitative estimate of drug-likeness (QED) is 0.0958. The van der Waals surface area contributed by atoms with Crippen LogP contribution in [-0.4, -0.2) is 66.4 Å². The Balaban J connectivity index is 1.44. The molecule has 0 bridgehead atoms. The molecule has 10 nitrogen and oxygen atoms in total. The monoisotopic (exact) mass is 699 g/mol. The highest BCUT2D eigenvalue weighted by atomic mass is 31.2. The second-order valence-corrected chi connectivity index (χ2v) is 27.4. The largest absolute Gasteiger partial charge is 0.476 e. The van der Waals surface area contributed by atoms with Crippen LogP contribution in [0, 0.1) is 6.92 Å². The molecule has 256 valence electrons. The zero-order valence-electron chi connectivity index (χ0n) is 29.1. The van der Waals surface area contributed by atoms with E-state index in [0.29, 0.717) is 24.5 Å². The number of phosphoric acid groups is 1. The van der Waals surface area contributed by atoms with Crippen molar-refractivity contribution >= 4 is 64.2 Å². The first kappa shape index (κ1) is 36.8. The minimum absolute atomic E-state index is 0.169. The van der Waals surface area contributed by atoms with Crippen molar-refractivity contribution in [3.05, 3.63) is 65.4 Å². The first-order chi connectivity index (χ1) is 22.0. The Labute approximate surface area is 281 Å². The summed E-state index contributed by atoms with van der Waals surface area (Å²) < 4.78 is 37.1. The van der Waals surface area contributed by atoms with Gasteiger partial charge in [-0.1, -0.05) is 63.5 Å². The van der Waals surface area contributed by atoms with Gasteiger partial charge in [0, 0.05) is 53.2 Å². The van der Waals surface area contributed by atoms with Gasteiger partial charge in [-0.25, -0.2) is 4.57 Å². The Hall–Kier alpha value is -3.00. The molecule has 0 fully saturated rings. The number of furan rings is 1. The van der Waals surface area contributed by atoms with Gasteiger partial charge in [0.25, 0.3) is 0 Å². The fourth-order valence-electron chi connectivity index (χ4n) is 4.88. The highest BCUT2D eigenvalue weighted by Crippen LogP contribution is 2.50. The van der Waals surface area contributed by atoms with Crippen molar-refractivity contribution in [1.29, 1.82) is 0 Å². The van der Waals surface area contributed by atoms with E-state index in [1.165, 1.54) is 11.0 Å². The molecule has 0 saturated carbocycles. The van der Waals surface area contributed by atoms with Crippen molar-refractivity contribution in [2.75, 3.05) is 43.8 Å². The molecule has 47 heavy (non-hydrogen) atoms. The van der Waals surface area contributed by atoms with Gasteiger partial charge in [0.2, 0.25) is 11.8 Å². The van der Waals surface area contributed by atoms with Gasteiger partial charge in [-0.05, 0) is 48.9 Å². The molecule has 1 aromatic heterocycles. The average molecular weight is 700 g/mol. The van der Waals surface area contributed by atoms with Gasteiger partial charge in [0.15, 0.2) is 0 Å². The number of benzene rings is 2. The lowest BCUT2D eigenvalue weighted by Crippen LogP contribution is -2.32. The lowest BCUT2D eigenvalue weighted by Gasteiger charge is -2.26. The lowest BCUT2D eigenvalue weighted by atomic mass is 10.1.